The molecule has 0 amide bonds. The van der Waals surface area contributed by atoms with E-state index >= 15 is 0 Å². The van der Waals surface area contributed by atoms with Crippen LogP contribution in [0.2, 0.25) is 5.02 Å². The molecule has 0 bridgehead atoms. The number of esters is 1. The highest BCUT2D eigenvalue weighted by molar-refractivity contribution is 6.34. The van der Waals surface area contributed by atoms with Crippen LogP contribution in [0, 0.1) is 15.9 Å². The minimum atomic E-state index is -0.725. The van der Waals surface area contributed by atoms with Gasteiger partial charge in [-0.15, -0.1) is 0 Å². The average molecular weight is 347 g/mol. The van der Waals surface area contributed by atoms with E-state index in [1.54, 1.807) is 0 Å². The third-order valence-electron chi connectivity index (χ3n) is 3.19. The Kier molecular flexibility index (Phi) is 4.09. The molecular formula is C16H8ClFN2O4. The van der Waals surface area contributed by atoms with Crippen LogP contribution in [-0.4, -0.2) is 16.8 Å². The van der Waals surface area contributed by atoms with Gasteiger partial charge in [0.05, 0.1) is 15.5 Å². The van der Waals surface area contributed by atoms with Gasteiger partial charge in [-0.05, 0) is 29.8 Å². The van der Waals surface area contributed by atoms with Crippen LogP contribution in [0.25, 0.3) is 6.08 Å². The number of hydrogen-bond acceptors (Lipinski definition) is 5. The van der Waals surface area contributed by atoms with Crippen molar-refractivity contribution in [2.75, 3.05) is 0 Å². The first kappa shape index (κ1) is 15.8. The van der Waals surface area contributed by atoms with Crippen molar-refractivity contribution in [3.05, 3.63) is 80.2 Å². The summed E-state index contributed by atoms with van der Waals surface area (Å²) in [6, 6.07) is 9.18. The highest BCUT2D eigenvalue weighted by Crippen LogP contribution is 2.27. The van der Waals surface area contributed by atoms with E-state index in [0.29, 0.717) is 5.56 Å². The fourth-order valence-electron chi connectivity index (χ4n) is 2.03. The Bertz CT molecular complexity index is 907. The highest BCUT2D eigenvalue weighted by Gasteiger charge is 2.27. The molecule has 6 nitrogen and oxygen atoms in total. The predicted molar refractivity (Wildman–Crippen MR) is 85.1 cm³/mol. The number of carbonyl (C=O) groups excluding carboxylic acids is 1. The van der Waals surface area contributed by atoms with Crippen LogP contribution in [-0.2, 0) is 9.53 Å². The fraction of sp³-hybridized carbons (Fsp3) is 0. The van der Waals surface area contributed by atoms with Gasteiger partial charge in [0.15, 0.2) is 5.70 Å². The van der Waals surface area contributed by atoms with Crippen LogP contribution in [0.15, 0.2) is 53.2 Å². The third-order valence-corrected chi connectivity index (χ3v) is 3.51. The molecular weight excluding hydrogens is 339 g/mol. The standard InChI is InChI=1S/C16H8ClFN2O4/c17-13-6-5-11(20(22)23)8-12(13)15-19-14(16(21)24-15)7-9-1-3-10(18)4-2-9/h1-8H. The SMILES string of the molecule is O=C1OC(c2cc([N+](=O)[O-])ccc2Cl)=NC1=Cc1ccc(F)cc1. The number of ether oxygens (including phenoxy) is 1. The number of aliphatic imine (C=N–C) groups is 1. The van der Waals surface area contributed by atoms with Crippen LogP contribution in [0.1, 0.15) is 11.1 Å². The number of nitro groups is 1. The summed E-state index contributed by atoms with van der Waals surface area (Å²) in [5, 5.41) is 11.0. The molecule has 0 aliphatic carbocycles. The number of halogens is 2. The van der Waals surface area contributed by atoms with Crippen molar-refractivity contribution in [1.29, 1.82) is 0 Å². The van der Waals surface area contributed by atoms with Crippen molar-refractivity contribution in [1.82, 2.24) is 0 Å². The van der Waals surface area contributed by atoms with Gasteiger partial charge in [0.25, 0.3) is 5.69 Å². The molecule has 3 rings (SSSR count). The topological polar surface area (TPSA) is 81.8 Å². The zero-order chi connectivity index (χ0) is 17.3. The van der Waals surface area contributed by atoms with Gasteiger partial charge in [0.2, 0.25) is 5.90 Å². The van der Waals surface area contributed by atoms with Crippen LogP contribution in [0.5, 0.6) is 0 Å². The molecule has 2 aromatic rings. The Morgan fingerprint density at radius 2 is 1.92 bits per heavy atom. The Balaban J connectivity index is 1.99. The molecule has 0 saturated heterocycles. The van der Waals surface area contributed by atoms with E-state index in [2.05, 4.69) is 4.99 Å². The van der Waals surface area contributed by atoms with E-state index in [9.17, 15) is 19.3 Å². The van der Waals surface area contributed by atoms with Crippen LogP contribution >= 0.6 is 11.6 Å². The number of benzene rings is 2. The van der Waals surface area contributed by atoms with Crippen molar-refractivity contribution in [2.24, 2.45) is 4.99 Å². The Hall–Kier alpha value is -3.06. The summed E-state index contributed by atoms with van der Waals surface area (Å²) in [7, 11) is 0. The fourth-order valence-corrected chi connectivity index (χ4v) is 2.23. The van der Waals surface area contributed by atoms with Crippen molar-refractivity contribution in [2.45, 2.75) is 0 Å². The van der Waals surface area contributed by atoms with E-state index in [0.717, 1.165) is 0 Å². The lowest BCUT2D eigenvalue weighted by molar-refractivity contribution is -0.384. The lowest BCUT2D eigenvalue weighted by Gasteiger charge is -2.02. The van der Waals surface area contributed by atoms with Crippen molar-refractivity contribution in [3.63, 3.8) is 0 Å². The van der Waals surface area contributed by atoms with Gasteiger partial charge < -0.3 is 4.74 Å². The minimum Gasteiger partial charge on any atom is -0.402 e. The molecule has 24 heavy (non-hydrogen) atoms. The summed E-state index contributed by atoms with van der Waals surface area (Å²) in [5.41, 5.74) is 0.475. The molecule has 0 spiro atoms. The number of non-ortho nitro benzene ring substituents is 1. The van der Waals surface area contributed by atoms with Crippen molar-refractivity contribution in [3.8, 4) is 0 Å². The summed E-state index contributed by atoms with van der Waals surface area (Å²) in [6.07, 6.45) is 1.42. The zero-order valence-corrected chi connectivity index (χ0v) is 12.7. The molecule has 0 fully saturated rings. The van der Waals surface area contributed by atoms with E-state index in [4.69, 9.17) is 16.3 Å². The maximum atomic E-state index is 12.9. The Morgan fingerprint density at radius 3 is 2.58 bits per heavy atom. The van der Waals surface area contributed by atoms with Gasteiger partial charge in [-0.25, -0.2) is 14.2 Å². The quantitative estimate of drug-likeness (QED) is 0.367. The second-order valence-electron chi connectivity index (χ2n) is 4.81. The molecule has 0 saturated carbocycles. The van der Waals surface area contributed by atoms with Gasteiger partial charge in [-0.2, -0.15) is 0 Å². The average Bonchev–Trinajstić information content (AvgIpc) is 2.90. The van der Waals surface area contributed by atoms with Gasteiger partial charge >= 0.3 is 5.97 Å². The van der Waals surface area contributed by atoms with Gasteiger partial charge in [-0.1, -0.05) is 23.7 Å². The first-order chi connectivity index (χ1) is 11.4. The number of rotatable bonds is 3. The van der Waals surface area contributed by atoms with E-state index in [1.807, 2.05) is 0 Å². The van der Waals surface area contributed by atoms with Crippen LogP contribution < -0.4 is 0 Å². The molecule has 0 aromatic heterocycles. The molecule has 120 valence electrons. The van der Waals surface area contributed by atoms with Gasteiger partial charge in [0, 0.05) is 12.1 Å². The second-order valence-corrected chi connectivity index (χ2v) is 5.22. The molecule has 2 aromatic carbocycles. The summed E-state index contributed by atoms with van der Waals surface area (Å²) >= 11 is 6.00. The van der Waals surface area contributed by atoms with Crippen molar-refractivity contribution < 1.29 is 18.8 Å². The first-order valence-corrected chi connectivity index (χ1v) is 7.04. The summed E-state index contributed by atoms with van der Waals surface area (Å²) in [5.74, 6) is -1.25. The maximum absolute atomic E-state index is 12.9. The Morgan fingerprint density at radius 1 is 1.21 bits per heavy atom. The lowest BCUT2D eigenvalue weighted by atomic mass is 10.2. The largest absolute Gasteiger partial charge is 0.402 e. The number of carbonyl (C=O) groups is 1. The number of nitro benzene ring substituents is 1. The minimum absolute atomic E-state index is 0.0146. The smallest absolute Gasteiger partial charge is 0.363 e. The summed E-state index contributed by atoms with van der Waals surface area (Å²) < 4.78 is 17.9. The highest BCUT2D eigenvalue weighted by atomic mass is 35.5. The summed E-state index contributed by atoms with van der Waals surface area (Å²) in [6.45, 7) is 0. The summed E-state index contributed by atoms with van der Waals surface area (Å²) in [4.78, 5) is 26.2. The van der Waals surface area contributed by atoms with E-state index < -0.39 is 16.7 Å². The normalized spacial score (nSPS) is 15.3. The van der Waals surface area contributed by atoms with Crippen molar-refractivity contribution >= 4 is 35.2 Å². The molecule has 0 unspecified atom stereocenters. The molecule has 1 heterocycles. The predicted octanol–water partition coefficient (Wildman–Crippen LogP) is 3.73. The molecule has 1 aliphatic rings. The molecule has 0 N–H and O–H groups in total. The number of nitrogens with zero attached hydrogens (tertiary/aromatic N) is 2. The molecule has 0 radical (unpaired) electrons. The zero-order valence-electron chi connectivity index (χ0n) is 11.9. The number of hydrogen-bond donors (Lipinski definition) is 0. The van der Waals surface area contributed by atoms with Crippen LogP contribution in [0.3, 0.4) is 0 Å². The maximum Gasteiger partial charge on any atom is 0.363 e. The Labute approximate surface area is 140 Å². The van der Waals surface area contributed by atoms with Crippen LogP contribution in [0.4, 0.5) is 10.1 Å². The number of cyclic esters (lactones) is 1. The lowest BCUT2D eigenvalue weighted by Crippen LogP contribution is -2.06. The monoisotopic (exact) mass is 346 g/mol. The van der Waals surface area contributed by atoms with E-state index in [-0.39, 0.29) is 27.9 Å². The third kappa shape index (κ3) is 3.16. The van der Waals surface area contributed by atoms with Gasteiger partial charge in [0.1, 0.15) is 5.82 Å². The molecule has 1 aliphatic heterocycles. The molecule has 8 heteroatoms. The second kappa shape index (κ2) is 6.21. The van der Waals surface area contributed by atoms with Gasteiger partial charge in [-0.3, -0.25) is 10.1 Å². The van der Waals surface area contributed by atoms with E-state index in [1.165, 1.54) is 48.5 Å². The first-order valence-electron chi connectivity index (χ1n) is 6.66. The molecule has 0 atom stereocenters.